The number of halogens is 3. The maximum atomic E-state index is 12.4. The summed E-state index contributed by atoms with van der Waals surface area (Å²) in [7, 11) is 0. The van der Waals surface area contributed by atoms with Crippen molar-refractivity contribution in [3.63, 3.8) is 0 Å². The lowest BCUT2D eigenvalue weighted by atomic mass is 9.96. The van der Waals surface area contributed by atoms with E-state index in [9.17, 15) is 13.6 Å². The molecule has 1 rings (SSSR count). The number of hydrogen-bond donors (Lipinski definition) is 0. The van der Waals surface area contributed by atoms with Crippen molar-refractivity contribution in [1.29, 1.82) is 0 Å². The summed E-state index contributed by atoms with van der Waals surface area (Å²) in [4.78, 5) is 10.3. The van der Waals surface area contributed by atoms with E-state index in [0.717, 1.165) is 6.29 Å². The second kappa shape index (κ2) is 5.21. The van der Waals surface area contributed by atoms with Crippen molar-refractivity contribution in [3.05, 3.63) is 34.3 Å². The summed E-state index contributed by atoms with van der Waals surface area (Å²) in [5, 5.41) is 0.425. The summed E-state index contributed by atoms with van der Waals surface area (Å²) in [5.74, 6) is -0.131. The molecule has 0 bridgehead atoms. The molecule has 0 aromatic heterocycles. The molecule has 0 saturated carbocycles. The Bertz CT molecular complexity index is 352. The molecule has 4 heteroatoms. The van der Waals surface area contributed by atoms with E-state index in [2.05, 4.69) is 0 Å². The van der Waals surface area contributed by atoms with Gasteiger partial charge in [-0.1, -0.05) is 24.6 Å². The number of carbonyl (C=O) groups excluding carboxylic acids is 1. The first-order chi connectivity index (χ1) is 7.06. The van der Waals surface area contributed by atoms with Gasteiger partial charge in [0.1, 0.15) is 6.29 Å². The molecule has 0 N–H and O–H groups in total. The van der Waals surface area contributed by atoms with Crippen molar-refractivity contribution in [3.8, 4) is 0 Å². The van der Waals surface area contributed by atoms with Crippen molar-refractivity contribution in [2.24, 2.45) is 0 Å². The molecule has 0 saturated heterocycles. The lowest BCUT2D eigenvalue weighted by Gasteiger charge is -2.12. The van der Waals surface area contributed by atoms with Gasteiger partial charge in [0, 0.05) is 17.0 Å². The van der Waals surface area contributed by atoms with E-state index in [1.54, 1.807) is 6.92 Å². The molecule has 0 aliphatic rings. The Morgan fingerprint density at radius 1 is 1.47 bits per heavy atom. The average molecular weight is 233 g/mol. The minimum absolute atomic E-state index is 0.0628. The lowest BCUT2D eigenvalue weighted by molar-refractivity contribution is -0.108. The van der Waals surface area contributed by atoms with E-state index in [0.29, 0.717) is 10.6 Å². The van der Waals surface area contributed by atoms with Gasteiger partial charge >= 0.3 is 0 Å². The van der Waals surface area contributed by atoms with Crippen molar-refractivity contribution in [2.75, 3.05) is 0 Å². The summed E-state index contributed by atoms with van der Waals surface area (Å²) >= 11 is 5.87. The predicted octanol–water partition coefficient (Wildman–Crippen LogP) is 3.97. The molecule has 82 valence electrons. The van der Waals surface area contributed by atoms with Gasteiger partial charge in [-0.15, -0.1) is 0 Å². The standard InChI is InChI=1S/C11H11ClF2O/c1-7(4-5-15)9-6-8(11(13)14)2-3-10(9)12/h2-3,5-7,11H,4H2,1H3. The van der Waals surface area contributed by atoms with Crippen LogP contribution in [0.4, 0.5) is 8.78 Å². The van der Waals surface area contributed by atoms with Gasteiger partial charge in [0.2, 0.25) is 0 Å². The van der Waals surface area contributed by atoms with Gasteiger partial charge in [-0.25, -0.2) is 8.78 Å². The third kappa shape index (κ3) is 2.99. The number of rotatable bonds is 4. The van der Waals surface area contributed by atoms with E-state index in [1.807, 2.05) is 0 Å². The van der Waals surface area contributed by atoms with Gasteiger partial charge in [-0.3, -0.25) is 0 Å². The van der Waals surface area contributed by atoms with Crippen molar-refractivity contribution >= 4 is 17.9 Å². The molecule has 1 aromatic carbocycles. The highest BCUT2D eigenvalue weighted by molar-refractivity contribution is 6.31. The quantitative estimate of drug-likeness (QED) is 0.718. The van der Waals surface area contributed by atoms with Crippen LogP contribution in [0, 0.1) is 0 Å². The molecule has 1 unspecified atom stereocenters. The van der Waals surface area contributed by atoms with Crippen LogP contribution in [0.5, 0.6) is 0 Å². The third-order valence-corrected chi connectivity index (χ3v) is 2.60. The van der Waals surface area contributed by atoms with Crippen molar-refractivity contribution < 1.29 is 13.6 Å². The van der Waals surface area contributed by atoms with Gasteiger partial charge < -0.3 is 4.79 Å². The minimum atomic E-state index is -2.51. The van der Waals surface area contributed by atoms with Crippen LogP contribution in [0.15, 0.2) is 18.2 Å². The van der Waals surface area contributed by atoms with Crippen molar-refractivity contribution in [2.45, 2.75) is 25.7 Å². The van der Waals surface area contributed by atoms with Gasteiger partial charge in [0.25, 0.3) is 6.43 Å². The molecular weight excluding hydrogens is 222 g/mol. The van der Waals surface area contributed by atoms with E-state index >= 15 is 0 Å². The molecule has 0 radical (unpaired) electrons. The fourth-order valence-electron chi connectivity index (χ4n) is 1.35. The van der Waals surface area contributed by atoms with E-state index in [1.165, 1.54) is 18.2 Å². The van der Waals surface area contributed by atoms with Crippen LogP contribution in [0.25, 0.3) is 0 Å². The van der Waals surface area contributed by atoms with Crippen LogP contribution in [0.3, 0.4) is 0 Å². The molecule has 1 nitrogen and oxygen atoms in total. The Hall–Kier alpha value is -0.960. The van der Waals surface area contributed by atoms with Crippen LogP contribution in [0.1, 0.15) is 36.8 Å². The molecule has 15 heavy (non-hydrogen) atoms. The molecular formula is C11H11ClF2O. The lowest BCUT2D eigenvalue weighted by Crippen LogP contribution is -1.97. The summed E-state index contributed by atoms with van der Waals surface area (Å²) in [6.07, 6.45) is -1.47. The van der Waals surface area contributed by atoms with Crippen LogP contribution in [-0.4, -0.2) is 6.29 Å². The SMILES string of the molecule is CC(CC=O)c1cc(C(F)F)ccc1Cl. The number of carbonyl (C=O) groups is 1. The molecule has 0 fully saturated rings. The predicted molar refractivity (Wildman–Crippen MR) is 55.5 cm³/mol. The van der Waals surface area contributed by atoms with Gasteiger partial charge in [-0.05, 0) is 23.6 Å². The number of aldehydes is 1. The Kier molecular flexibility index (Phi) is 4.21. The van der Waals surface area contributed by atoms with E-state index < -0.39 is 6.43 Å². The summed E-state index contributed by atoms with van der Waals surface area (Å²) < 4.78 is 24.8. The number of alkyl halides is 2. The topological polar surface area (TPSA) is 17.1 Å². The molecule has 0 heterocycles. The zero-order valence-electron chi connectivity index (χ0n) is 8.21. The molecule has 0 amide bonds. The summed E-state index contributed by atoms with van der Waals surface area (Å²) in [6.45, 7) is 1.78. The fraction of sp³-hybridized carbons (Fsp3) is 0.364. The zero-order chi connectivity index (χ0) is 11.4. The highest BCUT2D eigenvalue weighted by Crippen LogP contribution is 2.30. The number of benzene rings is 1. The maximum absolute atomic E-state index is 12.4. The molecule has 0 aliphatic heterocycles. The number of hydrogen-bond acceptors (Lipinski definition) is 1. The van der Waals surface area contributed by atoms with Crippen molar-refractivity contribution in [1.82, 2.24) is 0 Å². The minimum Gasteiger partial charge on any atom is -0.303 e. The molecule has 0 spiro atoms. The summed E-state index contributed by atoms with van der Waals surface area (Å²) in [5.41, 5.74) is 0.536. The molecule has 1 atom stereocenters. The second-order valence-corrected chi connectivity index (χ2v) is 3.79. The smallest absolute Gasteiger partial charge is 0.263 e. The van der Waals surface area contributed by atoms with Gasteiger partial charge in [-0.2, -0.15) is 0 Å². The van der Waals surface area contributed by atoms with Crippen LogP contribution in [-0.2, 0) is 4.79 Å². The monoisotopic (exact) mass is 232 g/mol. The second-order valence-electron chi connectivity index (χ2n) is 3.39. The highest BCUT2D eigenvalue weighted by atomic mass is 35.5. The summed E-state index contributed by atoms with van der Waals surface area (Å²) in [6, 6.07) is 4.10. The van der Waals surface area contributed by atoms with Crippen LogP contribution < -0.4 is 0 Å². The fourth-order valence-corrected chi connectivity index (χ4v) is 1.65. The first-order valence-electron chi connectivity index (χ1n) is 4.57. The van der Waals surface area contributed by atoms with Crippen LogP contribution >= 0.6 is 11.6 Å². The normalized spacial score (nSPS) is 12.9. The van der Waals surface area contributed by atoms with Crippen LogP contribution in [0.2, 0.25) is 5.02 Å². The van der Waals surface area contributed by atoms with Gasteiger partial charge in [0.15, 0.2) is 0 Å². The third-order valence-electron chi connectivity index (χ3n) is 2.25. The van der Waals surface area contributed by atoms with E-state index in [4.69, 9.17) is 11.6 Å². The average Bonchev–Trinajstić information content (AvgIpc) is 2.18. The van der Waals surface area contributed by atoms with E-state index in [-0.39, 0.29) is 17.9 Å². The highest BCUT2D eigenvalue weighted by Gasteiger charge is 2.13. The Morgan fingerprint density at radius 3 is 2.67 bits per heavy atom. The largest absolute Gasteiger partial charge is 0.303 e. The first kappa shape index (κ1) is 12.1. The Balaban J connectivity index is 3.04. The Morgan fingerprint density at radius 2 is 2.13 bits per heavy atom. The zero-order valence-corrected chi connectivity index (χ0v) is 8.97. The maximum Gasteiger partial charge on any atom is 0.263 e. The van der Waals surface area contributed by atoms with Gasteiger partial charge in [0.05, 0.1) is 0 Å². The molecule has 1 aromatic rings. The molecule has 0 aliphatic carbocycles. The first-order valence-corrected chi connectivity index (χ1v) is 4.95. The Labute approximate surface area is 92.1 Å².